The summed E-state index contributed by atoms with van der Waals surface area (Å²) in [5.41, 5.74) is -1.26. The van der Waals surface area contributed by atoms with Gasteiger partial charge in [-0.15, -0.1) is 0 Å². The third-order valence-corrected chi connectivity index (χ3v) is 9.51. The highest BCUT2D eigenvalue weighted by Crippen LogP contribution is 2.63. The van der Waals surface area contributed by atoms with E-state index in [-0.39, 0.29) is 35.5 Å². The van der Waals surface area contributed by atoms with Crippen molar-refractivity contribution in [3.63, 3.8) is 0 Å². The zero-order valence-electron chi connectivity index (χ0n) is 18.6. The summed E-state index contributed by atoms with van der Waals surface area (Å²) in [6.07, 6.45) is 7.97. The molecule has 0 amide bonds. The van der Waals surface area contributed by atoms with Crippen LogP contribution < -0.4 is 0 Å². The molecule has 170 valence electrons. The van der Waals surface area contributed by atoms with E-state index in [2.05, 4.69) is 6.92 Å². The van der Waals surface area contributed by atoms with Crippen molar-refractivity contribution in [1.82, 2.24) is 0 Å². The molecule has 0 saturated heterocycles. The molecule has 3 aliphatic carbocycles. The Balaban J connectivity index is 1.92. The van der Waals surface area contributed by atoms with Crippen LogP contribution in [0.4, 0.5) is 0 Å². The van der Waals surface area contributed by atoms with Crippen molar-refractivity contribution >= 4 is 17.9 Å². The van der Waals surface area contributed by atoms with Gasteiger partial charge in [0.2, 0.25) is 0 Å². The van der Waals surface area contributed by atoms with E-state index < -0.39 is 29.2 Å². The fourth-order valence-electron chi connectivity index (χ4n) is 7.90. The van der Waals surface area contributed by atoms with E-state index >= 15 is 0 Å². The molecule has 0 radical (unpaired) electrons. The highest BCUT2D eigenvalue weighted by Gasteiger charge is 2.61. The SMILES string of the molecule is C[C@H](CCC(=O)O)[C@@H]1CC[C@H]([C@@H]2CC[C@@H]3CCCC[C@]3(C)[C@@H]2C(=O)O)[C@]1(C)C(=O)O. The minimum atomic E-state index is -1.01. The highest BCUT2D eigenvalue weighted by molar-refractivity contribution is 5.76. The minimum absolute atomic E-state index is 0.0166. The number of hydrogen-bond donors (Lipinski definition) is 3. The Bertz CT molecular complexity index is 689. The molecule has 0 heterocycles. The first-order valence-corrected chi connectivity index (χ1v) is 11.7. The lowest BCUT2D eigenvalue weighted by Crippen LogP contribution is -2.53. The van der Waals surface area contributed by atoms with Gasteiger partial charge in [-0.05, 0) is 86.9 Å². The van der Waals surface area contributed by atoms with E-state index in [1.807, 2.05) is 13.8 Å². The van der Waals surface area contributed by atoms with Crippen LogP contribution in [0.3, 0.4) is 0 Å². The fraction of sp³-hybridized carbons (Fsp3) is 0.875. The minimum Gasteiger partial charge on any atom is -0.481 e. The van der Waals surface area contributed by atoms with Crippen molar-refractivity contribution in [2.75, 3.05) is 0 Å². The maximum Gasteiger partial charge on any atom is 0.309 e. The Morgan fingerprint density at radius 1 is 0.967 bits per heavy atom. The average Bonchev–Trinajstić information content (AvgIpc) is 3.02. The Morgan fingerprint density at radius 2 is 1.67 bits per heavy atom. The van der Waals surface area contributed by atoms with Crippen molar-refractivity contribution in [1.29, 1.82) is 0 Å². The molecule has 0 spiro atoms. The lowest BCUT2D eigenvalue weighted by Gasteiger charge is -2.54. The lowest BCUT2D eigenvalue weighted by molar-refractivity contribution is -0.170. The van der Waals surface area contributed by atoms with Gasteiger partial charge in [0.05, 0.1) is 11.3 Å². The second-order valence-corrected chi connectivity index (χ2v) is 10.8. The third-order valence-electron chi connectivity index (χ3n) is 9.51. The summed E-state index contributed by atoms with van der Waals surface area (Å²) in [4.78, 5) is 36.2. The Morgan fingerprint density at radius 3 is 2.27 bits per heavy atom. The van der Waals surface area contributed by atoms with Crippen LogP contribution in [0.15, 0.2) is 0 Å². The Labute approximate surface area is 179 Å². The molecule has 3 saturated carbocycles. The van der Waals surface area contributed by atoms with Gasteiger partial charge in [-0.25, -0.2) is 0 Å². The number of carbonyl (C=O) groups is 3. The predicted octanol–water partition coefficient (Wildman–Crippen LogP) is 4.91. The molecule has 0 aromatic heterocycles. The molecule has 6 nitrogen and oxygen atoms in total. The largest absolute Gasteiger partial charge is 0.481 e. The summed E-state index contributed by atoms with van der Waals surface area (Å²) in [6, 6.07) is 0. The van der Waals surface area contributed by atoms with Crippen LogP contribution in [-0.4, -0.2) is 33.2 Å². The van der Waals surface area contributed by atoms with E-state index in [9.17, 15) is 24.6 Å². The molecule has 0 aliphatic heterocycles. The van der Waals surface area contributed by atoms with Crippen molar-refractivity contribution in [3.8, 4) is 0 Å². The maximum absolute atomic E-state index is 12.6. The number of aliphatic carboxylic acids is 3. The van der Waals surface area contributed by atoms with Gasteiger partial charge < -0.3 is 15.3 Å². The molecule has 8 atom stereocenters. The van der Waals surface area contributed by atoms with E-state index in [4.69, 9.17) is 5.11 Å². The lowest BCUT2D eigenvalue weighted by atomic mass is 9.49. The molecule has 3 aliphatic rings. The number of rotatable bonds is 7. The second kappa shape index (κ2) is 8.51. The second-order valence-electron chi connectivity index (χ2n) is 10.8. The molecule has 0 bridgehead atoms. The first-order valence-electron chi connectivity index (χ1n) is 11.7. The summed E-state index contributed by atoms with van der Waals surface area (Å²) in [5.74, 6) is -2.97. The van der Waals surface area contributed by atoms with Crippen LogP contribution >= 0.6 is 0 Å². The quantitative estimate of drug-likeness (QED) is 0.537. The van der Waals surface area contributed by atoms with Crippen LogP contribution in [0.5, 0.6) is 0 Å². The van der Waals surface area contributed by atoms with Gasteiger partial charge in [0, 0.05) is 6.42 Å². The van der Waals surface area contributed by atoms with Gasteiger partial charge in [0.1, 0.15) is 0 Å². The Hall–Kier alpha value is -1.59. The molecule has 6 heteroatoms. The zero-order valence-corrected chi connectivity index (χ0v) is 18.6. The molecule has 30 heavy (non-hydrogen) atoms. The molecule has 0 aromatic rings. The van der Waals surface area contributed by atoms with E-state index in [0.717, 1.165) is 51.4 Å². The molecule has 3 N–H and O–H groups in total. The summed E-state index contributed by atoms with van der Waals surface area (Å²) in [6.45, 7) is 5.91. The van der Waals surface area contributed by atoms with Gasteiger partial charge in [-0.1, -0.05) is 26.7 Å². The first kappa shape index (κ1) is 23.1. The smallest absolute Gasteiger partial charge is 0.309 e. The molecule has 0 unspecified atom stereocenters. The summed E-state index contributed by atoms with van der Waals surface area (Å²) >= 11 is 0. The number of carboxylic acids is 3. The first-order chi connectivity index (χ1) is 14.0. The van der Waals surface area contributed by atoms with E-state index in [1.54, 1.807) is 0 Å². The van der Waals surface area contributed by atoms with Gasteiger partial charge in [-0.2, -0.15) is 0 Å². The van der Waals surface area contributed by atoms with Crippen LogP contribution in [0, 0.1) is 46.3 Å². The molecule has 3 rings (SSSR count). The van der Waals surface area contributed by atoms with Crippen molar-refractivity contribution in [2.24, 2.45) is 46.3 Å². The normalized spacial score (nSPS) is 42.3. The number of carboxylic acid groups (broad SMARTS) is 3. The van der Waals surface area contributed by atoms with Gasteiger partial charge in [0.15, 0.2) is 0 Å². The van der Waals surface area contributed by atoms with E-state index in [0.29, 0.717) is 12.3 Å². The fourth-order valence-corrected chi connectivity index (χ4v) is 7.90. The summed E-state index contributed by atoms with van der Waals surface area (Å²) in [7, 11) is 0. The van der Waals surface area contributed by atoms with Crippen molar-refractivity contribution < 1.29 is 29.7 Å². The molecule has 0 aromatic carbocycles. The predicted molar refractivity (Wildman–Crippen MR) is 112 cm³/mol. The monoisotopic (exact) mass is 422 g/mol. The van der Waals surface area contributed by atoms with Crippen LogP contribution in [0.1, 0.15) is 85.0 Å². The Kier molecular flexibility index (Phi) is 6.54. The van der Waals surface area contributed by atoms with Crippen molar-refractivity contribution in [2.45, 2.75) is 85.0 Å². The van der Waals surface area contributed by atoms with Gasteiger partial charge in [-0.3, -0.25) is 14.4 Å². The average molecular weight is 423 g/mol. The van der Waals surface area contributed by atoms with Crippen LogP contribution in [-0.2, 0) is 14.4 Å². The standard InChI is InChI=1S/C24H38O6/c1-14(7-12-19(25)26)17-10-11-18(24(17,3)22(29)30)16-9-8-15-6-4-5-13-23(15,2)20(16)21(27)28/h14-18,20H,4-13H2,1-3H3,(H,25,26)(H,27,28)(H,29,30)/t14-,15+,16+,17+,18-,20+,23+,24-/m1/s1. The summed E-state index contributed by atoms with van der Waals surface area (Å²) < 4.78 is 0. The van der Waals surface area contributed by atoms with Crippen LogP contribution in [0.2, 0.25) is 0 Å². The van der Waals surface area contributed by atoms with E-state index in [1.165, 1.54) is 0 Å². The topological polar surface area (TPSA) is 112 Å². The number of fused-ring (bicyclic) bond motifs is 1. The highest BCUT2D eigenvalue weighted by atomic mass is 16.4. The number of hydrogen-bond acceptors (Lipinski definition) is 3. The van der Waals surface area contributed by atoms with Crippen LogP contribution in [0.25, 0.3) is 0 Å². The molecule has 3 fully saturated rings. The third kappa shape index (κ3) is 3.75. The van der Waals surface area contributed by atoms with Crippen molar-refractivity contribution in [3.05, 3.63) is 0 Å². The summed E-state index contributed by atoms with van der Waals surface area (Å²) in [5, 5.41) is 29.7. The van der Waals surface area contributed by atoms with Gasteiger partial charge in [0.25, 0.3) is 0 Å². The zero-order chi connectivity index (χ0) is 22.3. The molecular formula is C24H38O6. The maximum atomic E-state index is 12.6. The molecular weight excluding hydrogens is 384 g/mol. The van der Waals surface area contributed by atoms with Gasteiger partial charge >= 0.3 is 17.9 Å².